The van der Waals surface area contributed by atoms with Gasteiger partial charge in [-0.1, -0.05) is 32.9 Å². The summed E-state index contributed by atoms with van der Waals surface area (Å²) in [4.78, 5) is 16.2. The van der Waals surface area contributed by atoms with E-state index in [0.717, 1.165) is 12.1 Å². The summed E-state index contributed by atoms with van der Waals surface area (Å²) in [6.45, 7) is 5.97. The van der Waals surface area contributed by atoms with E-state index >= 15 is 0 Å². The zero-order valence-electron chi connectivity index (χ0n) is 16.3. The molecule has 0 aliphatic rings. The van der Waals surface area contributed by atoms with Gasteiger partial charge in [-0.05, 0) is 29.2 Å². The Morgan fingerprint density at radius 1 is 1.10 bits per heavy atom. The SMILES string of the molecule is CC(C)(C)CC(=O)Nc1nc2ccn(Cc3ccc(C(F)(F)F)cc3)c2cc1F. The van der Waals surface area contributed by atoms with Crippen molar-refractivity contribution in [2.45, 2.75) is 39.9 Å². The largest absolute Gasteiger partial charge is 0.416 e. The molecule has 154 valence electrons. The van der Waals surface area contributed by atoms with E-state index in [-0.39, 0.29) is 30.1 Å². The number of amides is 1. The van der Waals surface area contributed by atoms with Crippen LogP contribution in [0.4, 0.5) is 23.4 Å². The molecule has 0 saturated heterocycles. The third-order valence-electron chi connectivity index (χ3n) is 4.29. The number of benzene rings is 1. The fourth-order valence-electron chi connectivity index (χ4n) is 2.97. The molecule has 0 saturated carbocycles. The molecule has 1 amide bonds. The van der Waals surface area contributed by atoms with Crippen LogP contribution >= 0.6 is 0 Å². The summed E-state index contributed by atoms with van der Waals surface area (Å²) in [5.41, 5.74) is 0.636. The normalized spacial score (nSPS) is 12.4. The van der Waals surface area contributed by atoms with Crippen LogP contribution in [-0.2, 0) is 17.5 Å². The van der Waals surface area contributed by atoms with Gasteiger partial charge in [0.1, 0.15) is 0 Å². The molecule has 0 fully saturated rings. The lowest BCUT2D eigenvalue weighted by Gasteiger charge is -2.17. The van der Waals surface area contributed by atoms with Crippen molar-refractivity contribution in [2.75, 3.05) is 5.32 Å². The Bertz CT molecular complexity index is 1030. The van der Waals surface area contributed by atoms with Gasteiger partial charge in [0.05, 0.1) is 16.6 Å². The highest BCUT2D eigenvalue weighted by Gasteiger charge is 2.29. The van der Waals surface area contributed by atoms with E-state index in [0.29, 0.717) is 16.6 Å². The number of nitrogens with zero attached hydrogens (tertiary/aromatic N) is 2. The van der Waals surface area contributed by atoms with Crippen molar-refractivity contribution in [1.82, 2.24) is 9.55 Å². The number of alkyl halides is 3. The molecule has 8 heteroatoms. The Hall–Kier alpha value is -2.90. The molecule has 0 aliphatic carbocycles. The summed E-state index contributed by atoms with van der Waals surface area (Å²) in [5, 5.41) is 2.50. The summed E-state index contributed by atoms with van der Waals surface area (Å²) in [6.07, 6.45) is -2.49. The molecule has 0 spiro atoms. The van der Waals surface area contributed by atoms with Crippen molar-refractivity contribution in [2.24, 2.45) is 5.41 Å². The van der Waals surface area contributed by atoms with Crippen LogP contribution in [0.5, 0.6) is 0 Å². The van der Waals surface area contributed by atoms with Gasteiger partial charge in [-0.2, -0.15) is 13.2 Å². The van der Waals surface area contributed by atoms with Crippen molar-refractivity contribution in [1.29, 1.82) is 0 Å². The van der Waals surface area contributed by atoms with Gasteiger partial charge in [0, 0.05) is 25.2 Å². The van der Waals surface area contributed by atoms with E-state index in [9.17, 15) is 22.4 Å². The quantitative estimate of drug-likeness (QED) is 0.571. The number of nitrogens with one attached hydrogen (secondary N) is 1. The predicted octanol–water partition coefficient (Wildman–Crippen LogP) is 5.62. The second-order valence-electron chi connectivity index (χ2n) is 8.15. The van der Waals surface area contributed by atoms with E-state index < -0.39 is 17.6 Å². The van der Waals surface area contributed by atoms with Crippen molar-refractivity contribution >= 4 is 22.8 Å². The average Bonchev–Trinajstić information content (AvgIpc) is 2.95. The molecule has 0 aliphatic heterocycles. The molecule has 4 nitrogen and oxygen atoms in total. The molecule has 3 aromatic rings. The van der Waals surface area contributed by atoms with Gasteiger partial charge < -0.3 is 9.88 Å². The number of hydrogen-bond donors (Lipinski definition) is 1. The van der Waals surface area contributed by atoms with Crippen LogP contribution in [0, 0.1) is 11.2 Å². The Labute approximate surface area is 165 Å². The minimum Gasteiger partial charge on any atom is -0.342 e. The topological polar surface area (TPSA) is 46.9 Å². The predicted molar refractivity (Wildman–Crippen MR) is 103 cm³/mol. The van der Waals surface area contributed by atoms with Crippen molar-refractivity contribution in [3.05, 3.63) is 59.5 Å². The maximum atomic E-state index is 14.5. The summed E-state index contributed by atoms with van der Waals surface area (Å²) in [5.74, 6) is -1.14. The molecule has 1 aromatic carbocycles. The number of hydrogen-bond acceptors (Lipinski definition) is 2. The first-order valence-corrected chi connectivity index (χ1v) is 9.04. The van der Waals surface area contributed by atoms with Gasteiger partial charge in [-0.25, -0.2) is 9.37 Å². The first kappa shape index (κ1) is 20.8. The summed E-state index contributed by atoms with van der Waals surface area (Å²) < 4.78 is 54.2. The van der Waals surface area contributed by atoms with Gasteiger partial charge in [0.2, 0.25) is 5.91 Å². The minimum absolute atomic E-state index is 0.140. The Balaban J connectivity index is 1.81. The van der Waals surface area contributed by atoms with Crippen LogP contribution in [0.2, 0.25) is 0 Å². The maximum absolute atomic E-state index is 14.5. The number of halogens is 4. The Morgan fingerprint density at radius 2 is 1.76 bits per heavy atom. The van der Waals surface area contributed by atoms with Crippen LogP contribution in [0.25, 0.3) is 11.0 Å². The molecule has 2 heterocycles. The summed E-state index contributed by atoms with van der Waals surface area (Å²) in [7, 11) is 0. The zero-order valence-corrected chi connectivity index (χ0v) is 16.3. The number of pyridine rings is 1. The molecule has 0 radical (unpaired) electrons. The summed E-state index contributed by atoms with van der Waals surface area (Å²) in [6, 6.07) is 7.74. The Kier molecular flexibility index (Phi) is 5.38. The fraction of sp³-hybridized carbons (Fsp3) is 0.333. The minimum atomic E-state index is -4.39. The second-order valence-corrected chi connectivity index (χ2v) is 8.15. The molecular weight excluding hydrogens is 386 g/mol. The van der Waals surface area contributed by atoms with Gasteiger partial charge in [0.15, 0.2) is 11.6 Å². The molecule has 0 atom stereocenters. The maximum Gasteiger partial charge on any atom is 0.416 e. The van der Waals surface area contributed by atoms with E-state index in [1.54, 1.807) is 16.8 Å². The van der Waals surface area contributed by atoms with Gasteiger partial charge in [-0.3, -0.25) is 4.79 Å². The zero-order chi connectivity index (χ0) is 21.4. The van der Waals surface area contributed by atoms with E-state index in [4.69, 9.17) is 0 Å². The van der Waals surface area contributed by atoms with Crippen molar-refractivity contribution < 1.29 is 22.4 Å². The first-order valence-electron chi connectivity index (χ1n) is 9.04. The van der Waals surface area contributed by atoms with E-state index in [1.165, 1.54) is 18.2 Å². The smallest absolute Gasteiger partial charge is 0.342 e. The van der Waals surface area contributed by atoms with Gasteiger partial charge >= 0.3 is 6.18 Å². The number of rotatable bonds is 4. The monoisotopic (exact) mass is 407 g/mol. The highest BCUT2D eigenvalue weighted by Crippen LogP contribution is 2.29. The molecule has 0 unspecified atom stereocenters. The third kappa shape index (κ3) is 5.13. The van der Waals surface area contributed by atoms with Crippen molar-refractivity contribution in [3.8, 4) is 0 Å². The molecular formula is C21H21F4N3O. The average molecular weight is 407 g/mol. The highest BCUT2D eigenvalue weighted by molar-refractivity contribution is 5.91. The number of anilines is 1. The van der Waals surface area contributed by atoms with Gasteiger partial charge in [0.25, 0.3) is 0 Å². The first-order chi connectivity index (χ1) is 13.4. The molecule has 0 bridgehead atoms. The highest BCUT2D eigenvalue weighted by atomic mass is 19.4. The molecule has 29 heavy (non-hydrogen) atoms. The van der Waals surface area contributed by atoms with Crippen LogP contribution < -0.4 is 5.32 Å². The van der Waals surface area contributed by atoms with Crippen LogP contribution in [0.15, 0.2) is 42.6 Å². The van der Waals surface area contributed by atoms with Crippen LogP contribution in [0.1, 0.15) is 38.3 Å². The summed E-state index contributed by atoms with van der Waals surface area (Å²) >= 11 is 0. The Morgan fingerprint density at radius 3 is 2.34 bits per heavy atom. The molecule has 3 rings (SSSR count). The lowest BCUT2D eigenvalue weighted by Crippen LogP contribution is -2.20. The lowest BCUT2D eigenvalue weighted by molar-refractivity contribution is -0.137. The third-order valence-corrected chi connectivity index (χ3v) is 4.29. The van der Waals surface area contributed by atoms with Crippen LogP contribution in [-0.4, -0.2) is 15.5 Å². The van der Waals surface area contributed by atoms with Crippen molar-refractivity contribution in [3.63, 3.8) is 0 Å². The van der Waals surface area contributed by atoms with Gasteiger partial charge in [-0.15, -0.1) is 0 Å². The lowest BCUT2D eigenvalue weighted by atomic mass is 9.92. The number of carbonyl (C=O) groups excluding carboxylic acids is 1. The molecule has 2 aromatic heterocycles. The van der Waals surface area contributed by atoms with Crippen LogP contribution in [0.3, 0.4) is 0 Å². The standard InChI is InChI=1S/C21H21F4N3O/c1-20(2,3)11-18(29)27-19-15(22)10-17-16(26-19)8-9-28(17)12-13-4-6-14(7-5-13)21(23,24)25/h4-10H,11-12H2,1-3H3,(H,26,27,29). The number of fused-ring (bicyclic) bond motifs is 1. The second kappa shape index (κ2) is 7.50. The fourth-order valence-corrected chi connectivity index (χ4v) is 2.97. The number of carbonyl (C=O) groups is 1. The van der Waals surface area contributed by atoms with E-state index in [1.807, 2.05) is 20.8 Å². The van der Waals surface area contributed by atoms with E-state index in [2.05, 4.69) is 10.3 Å². The number of aromatic nitrogens is 2. The molecule has 1 N–H and O–H groups in total.